The molecule has 3 aromatic rings. The molecule has 2 aromatic heterocycles. The maximum Gasteiger partial charge on any atom is 0.254 e. The fourth-order valence-electron chi connectivity index (χ4n) is 2.58. The number of rotatable bonds is 8. The SMILES string of the molecule is COCc1ccccc1CNc1nc(Nc2cnn(C)c2)ncc1C(N)=O. The molecule has 0 bridgehead atoms. The van der Waals surface area contributed by atoms with Crippen LogP contribution in [-0.4, -0.2) is 32.8 Å². The first-order valence-corrected chi connectivity index (χ1v) is 8.29. The quantitative estimate of drug-likeness (QED) is 0.555. The lowest BCUT2D eigenvalue weighted by Gasteiger charge is -2.13. The van der Waals surface area contributed by atoms with E-state index in [-0.39, 0.29) is 5.56 Å². The van der Waals surface area contributed by atoms with Crippen molar-refractivity contribution in [3.8, 4) is 0 Å². The Morgan fingerprint density at radius 1 is 1.26 bits per heavy atom. The van der Waals surface area contributed by atoms with Gasteiger partial charge in [0, 0.05) is 33.1 Å². The summed E-state index contributed by atoms with van der Waals surface area (Å²) in [7, 11) is 3.46. The number of nitrogens with one attached hydrogen (secondary N) is 2. The number of nitrogens with zero attached hydrogens (tertiary/aromatic N) is 4. The molecule has 140 valence electrons. The summed E-state index contributed by atoms with van der Waals surface area (Å²) in [6, 6.07) is 7.87. The van der Waals surface area contributed by atoms with Crippen LogP contribution in [0.5, 0.6) is 0 Å². The molecule has 0 aliphatic carbocycles. The second-order valence-corrected chi connectivity index (χ2v) is 5.90. The van der Waals surface area contributed by atoms with Crippen LogP contribution in [0, 0.1) is 0 Å². The second-order valence-electron chi connectivity index (χ2n) is 5.90. The number of methoxy groups -OCH3 is 1. The minimum Gasteiger partial charge on any atom is -0.380 e. The van der Waals surface area contributed by atoms with E-state index in [9.17, 15) is 4.79 Å². The van der Waals surface area contributed by atoms with Gasteiger partial charge in [-0.1, -0.05) is 24.3 Å². The van der Waals surface area contributed by atoms with Crippen LogP contribution in [0.4, 0.5) is 17.5 Å². The van der Waals surface area contributed by atoms with Gasteiger partial charge < -0.3 is 21.1 Å². The van der Waals surface area contributed by atoms with Crippen molar-refractivity contribution in [1.82, 2.24) is 19.7 Å². The molecule has 0 aliphatic rings. The maximum absolute atomic E-state index is 11.7. The van der Waals surface area contributed by atoms with E-state index in [0.717, 1.165) is 16.8 Å². The van der Waals surface area contributed by atoms with Crippen molar-refractivity contribution in [2.75, 3.05) is 17.7 Å². The number of ether oxygens (including phenoxy) is 1. The molecule has 0 unspecified atom stereocenters. The summed E-state index contributed by atoms with van der Waals surface area (Å²) in [5, 5.41) is 10.3. The van der Waals surface area contributed by atoms with Crippen LogP contribution in [0.15, 0.2) is 42.9 Å². The highest BCUT2D eigenvalue weighted by molar-refractivity contribution is 5.97. The number of primary amides is 1. The van der Waals surface area contributed by atoms with Gasteiger partial charge >= 0.3 is 0 Å². The van der Waals surface area contributed by atoms with Gasteiger partial charge in [0.15, 0.2) is 0 Å². The number of amides is 1. The highest BCUT2D eigenvalue weighted by atomic mass is 16.5. The first-order chi connectivity index (χ1) is 13.1. The molecular weight excluding hydrogens is 346 g/mol. The number of nitrogens with two attached hydrogens (primary N) is 1. The number of benzene rings is 1. The molecule has 4 N–H and O–H groups in total. The zero-order chi connectivity index (χ0) is 19.2. The van der Waals surface area contributed by atoms with Crippen molar-refractivity contribution in [2.24, 2.45) is 12.8 Å². The van der Waals surface area contributed by atoms with Crippen LogP contribution in [0.3, 0.4) is 0 Å². The Hall–Kier alpha value is -3.46. The number of hydrogen-bond donors (Lipinski definition) is 3. The first kappa shape index (κ1) is 18.3. The predicted octanol–water partition coefficient (Wildman–Crippen LogP) is 1.81. The third-order valence-corrected chi connectivity index (χ3v) is 3.88. The number of aromatic nitrogens is 4. The van der Waals surface area contributed by atoms with Crippen molar-refractivity contribution in [3.63, 3.8) is 0 Å². The van der Waals surface area contributed by atoms with Gasteiger partial charge in [-0.25, -0.2) is 4.98 Å². The van der Waals surface area contributed by atoms with Gasteiger partial charge in [-0.15, -0.1) is 0 Å². The molecule has 1 aromatic carbocycles. The Kier molecular flexibility index (Phi) is 5.62. The van der Waals surface area contributed by atoms with E-state index in [2.05, 4.69) is 25.7 Å². The Morgan fingerprint density at radius 3 is 2.70 bits per heavy atom. The van der Waals surface area contributed by atoms with Gasteiger partial charge in [-0.3, -0.25) is 9.48 Å². The Bertz CT molecular complexity index is 939. The summed E-state index contributed by atoms with van der Waals surface area (Å²) in [5.41, 5.74) is 8.50. The lowest BCUT2D eigenvalue weighted by Crippen LogP contribution is -2.17. The summed E-state index contributed by atoms with van der Waals surface area (Å²) in [5.74, 6) is 0.0902. The molecule has 2 heterocycles. The Labute approximate surface area is 156 Å². The van der Waals surface area contributed by atoms with Crippen molar-refractivity contribution < 1.29 is 9.53 Å². The molecule has 3 rings (SSSR count). The van der Waals surface area contributed by atoms with Crippen LogP contribution < -0.4 is 16.4 Å². The number of hydrogen-bond acceptors (Lipinski definition) is 7. The molecule has 0 atom stereocenters. The molecule has 1 amide bonds. The van der Waals surface area contributed by atoms with Crippen LogP contribution in [0.2, 0.25) is 0 Å². The molecule has 9 heteroatoms. The van der Waals surface area contributed by atoms with Gasteiger partial charge in [-0.2, -0.15) is 10.1 Å². The van der Waals surface area contributed by atoms with E-state index in [4.69, 9.17) is 10.5 Å². The van der Waals surface area contributed by atoms with Crippen LogP contribution >= 0.6 is 0 Å². The molecule has 0 radical (unpaired) electrons. The largest absolute Gasteiger partial charge is 0.380 e. The van der Waals surface area contributed by atoms with Crippen LogP contribution in [0.25, 0.3) is 0 Å². The molecule has 9 nitrogen and oxygen atoms in total. The van der Waals surface area contributed by atoms with E-state index in [1.807, 2.05) is 31.3 Å². The summed E-state index contributed by atoms with van der Waals surface area (Å²) in [4.78, 5) is 20.3. The number of carbonyl (C=O) groups is 1. The number of aryl methyl sites for hydroxylation is 1. The standard InChI is InChI=1S/C18H21N7O2/c1-25-10-14(8-22-25)23-18-21-9-15(16(19)26)17(24-18)20-7-12-5-3-4-6-13(12)11-27-2/h3-6,8-10H,7,11H2,1-2H3,(H2,19,26)(H2,20,21,23,24). The van der Waals surface area contributed by atoms with Gasteiger partial charge in [-0.05, 0) is 11.1 Å². The van der Waals surface area contributed by atoms with Crippen molar-refractivity contribution in [1.29, 1.82) is 0 Å². The van der Waals surface area contributed by atoms with Crippen molar-refractivity contribution >= 4 is 23.4 Å². The average molecular weight is 367 g/mol. The molecule has 0 aliphatic heterocycles. The lowest BCUT2D eigenvalue weighted by atomic mass is 10.1. The van der Waals surface area contributed by atoms with E-state index in [1.165, 1.54) is 6.20 Å². The van der Waals surface area contributed by atoms with E-state index >= 15 is 0 Å². The third-order valence-electron chi connectivity index (χ3n) is 3.88. The van der Waals surface area contributed by atoms with E-state index in [1.54, 1.807) is 24.2 Å². The number of anilines is 3. The molecule has 0 spiro atoms. The normalized spacial score (nSPS) is 10.6. The smallest absolute Gasteiger partial charge is 0.254 e. The second kappa shape index (κ2) is 8.28. The lowest BCUT2D eigenvalue weighted by molar-refractivity contribution is 0.100. The first-order valence-electron chi connectivity index (χ1n) is 8.29. The fraction of sp³-hybridized carbons (Fsp3) is 0.222. The molecule has 27 heavy (non-hydrogen) atoms. The van der Waals surface area contributed by atoms with Gasteiger partial charge in [0.1, 0.15) is 5.82 Å². The molecule has 0 fully saturated rings. The topological polar surface area (TPSA) is 120 Å². The van der Waals surface area contributed by atoms with Gasteiger partial charge in [0.05, 0.1) is 24.1 Å². The highest BCUT2D eigenvalue weighted by Gasteiger charge is 2.13. The summed E-state index contributed by atoms with van der Waals surface area (Å²) < 4.78 is 6.88. The highest BCUT2D eigenvalue weighted by Crippen LogP contribution is 2.19. The van der Waals surface area contributed by atoms with E-state index < -0.39 is 5.91 Å². The molecular formula is C18H21N7O2. The molecule has 0 saturated heterocycles. The monoisotopic (exact) mass is 367 g/mol. The minimum absolute atomic E-state index is 0.218. The predicted molar refractivity (Wildman–Crippen MR) is 102 cm³/mol. The zero-order valence-electron chi connectivity index (χ0n) is 15.1. The summed E-state index contributed by atoms with van der Waals surface area (Å²) >= 11 is 0. The van der Waals surface area contributed by atoms with Gasteiger partial charge in [0.25, 0.3) is 5.91 Å². The van der Waals surface area contributed by atoms with Crippen LogP contribution in [0.1, 0.15) is 21.5 Å². The van der Waals surface area contributed by atoms with Crippen molar-refractivity contribution in [3.05, 3.63) is 59.5 Å². The zero-order valence-corrected chi connectivity index (χ0v) is 15.1. The van der Waals surface area contributed by atoms with Gasteiger partial charge in [0.2, 0.25) is 5.95 Å². The minimum atomic E-state index is -0.601. The third kappa shape index (κ3) is 4.59. The van der Waals surface area contributed by atoms with Crippen molar-refractivity contribution in [2.45, 2.75) is 13.2 Å². The number of carbonyl (C=O) groups excluding carboxylic acids is 1. The summed E-state index contributed by atoms with van der Waals surface area (Å²) in [6.45, 7) is 0.960. The Balaban J connectivity index is 1.82. The van der Waals surface area contributed by atoms with E-state index in [0.29, 0.717) is 24.9 Å². The maximum atomic E-state index is 11.7. The average Bonchev–Trinajstić information content (AvgIpc) is 3.06. The van der Waals surface area contributed by atoms with Crippen LogP contribution in [-0.2, 0) is 24.9 Å². The summed E-state index contributed by atoms with van der Waals surface area (Å²) in [6.07, 6.45) is 4.84. The Morgan fingerprint density at radius 2 is 2.04 bits per heavy atom. The fourth-order valence-corrected chi connectivity index (χ4v) is 2.58. The molecule has 0 saturated carbocycles.